The highest BCUT2D eigenvalue weighted by molar-refractivity contribution is 7.19. The monoisotopic (exact) mass is 464 g/mol. The number of hydrogen-bond donors (Lipinski definition) is 1. The molecule has 0 bridgehead atoms. The summed E-state index contributed by atoms with van der Waals surface area (Å²) in [7, 11) is 3.93. The number of anilines is 1. The molecule has 2 aliphatic rings. The quantitative estimate of drug-likeness (QED) is 0.603. The number of nitrogens with one attached hydrogen (secondary N) is 1. The first kappa shape index (κ1) is 22.2. The fourth-order valence-electron chi connectivity index (χ4n) is 5.38. The summed E-state index contributed by atoms with van der Waals surface area (Å²) < 4.78 is 7.68. The van der Waals surface area contributed by atoms with Gasteiger partial charge in [0.05, 0.1) is 10.6 Å². The van der Waals surface area contributed by atoms with Crippen LogP contribution in [0.5, 0.6) is 5.75 Å². The first-order valence-corrected chi connectivity index (χ1v) is 12.3. The van der Waals surface area contributed by atoms with Crippen LogP contribution in [0.2, 0.25) is 0 Å². The largest absolute Gasteiger partial charge is 0.487 e. The minimum absolute atomic E-state index is 0.0205. The third kappa shape index (κ3) is 4.20. The van der Waals surface area contributed by atoms with Gasteiger partial charge < -0.3 is 19.5 Å². The zero-order valence-electron chi connectivity index (χ0n) is 20.2. The van der Waals surface area contributed by atoms with Crippen molar-refractivity contribution in [1.29, 1.82) is 0 Å². The summed E-state index contributed by atoms with van der Waals surface area (Å²) in [6.07, 6.45) is 3.94. The number of hydrogen-bond acceptors (Lipinski definition) is 6. The Labute approximate surface area is 199 Å². The fraction of sp³-hybridized carbons (Fsp3) is 0.462. The molecule has 7 heteroatoms. The van der Waals surface area contributed by atoms with Crippen LogP contribution in [0, 0.1) is 0 Å². The van der Waals surface area contributed by atoms with Gasteiger partial charge in [-0.05, 0) is 69.9 Å². The van der Waals surface area contributed by atoms with E-state index in [2.05, 4.69) is 57.1 Å². The van der Waals surface area contributed by atoms with Gasteiger partial charge in [-0.1, -0.05) is 17.4 Å². The minimum Gasteiger partial charge on any atom is -0.487 e. The molecule has 0 aliphatic carbocycles. The van der Waals surface area contributed by atoms with Gasteiger partial charge in [-0.15, -0.1) is 0 Å². The SMILES string of the molecule is CN(c1nc2c(s1)-c1ccc(-c3ccn(C)c(=O)c3)cc1OC2)C1CC(C)(C)NC(C)(C)C1. The fourth-order valence-corrected chi connectivity index (χ4v) is 6.51. The number of aryl methyl sites for hydroxylation is 1. The topological polar surface area (TPSA) is 59.4 Å². The number of fused-ring (bicyclic) bond motifs is 3. The molecule has 0 spiro atoms. The van der Waals surface area contributed by atoms with Crippen LogP contribution in [-0.2, 0) is 13.7 Å². The number of piperidine rings is 1. The molecular weight excluding hydrogens is 432 g/mol. The Morgan fingerprint density at radius 2 is 1.82 bits per heavy atom. The average Bonchev–Trinajstić information content (AvgIpc) is 3.17. The summed E-state index contributed by atoms with van der Waals surface area (Å²) in [6, 6.07) is 10.2. The van der Waals surface area contributed by atoms with Crippen molar-refractivity contribution in [1.82, 2.24) is 14.9 Å². The first-order chi connectivity index (χ1) is 15.5. The molecule has 2 aromatic heterocycles. The van der Waals surface area contributed by atoms with Crippen molar-refractivity contribution in [3.63, 3.8) is 0 Å². The second-order valence-electron chi connectivity index (χ2n) is 10.7. The smallest absolute Gasteiger partial charge is 0.250 e. The van der Waals surface area contributed by atoms with E-state index in [0.29, 0.717) is 12.6 Å². The molecule has 0 atom stereocenters. The number of aromatic nitrogens is 2. The van der Waals surface area contributed by atoms with Gasteiger partial charge in [0.25, 0.3) is 5.56 Å². The number of rotatable bonds is 3. The molecule has 0 saturated carbocycles. The Balaban J connectivity index is 1.45. The van der Waals surface area contributed by atoms with Crippen molar-refractivity contribution in [3.05, 3.63) is 52.6 Å². The molecule has 3 aromatic rings. The van der Waals surface area contributed by atoms with Crippen molar-refractivity contribution < 1.29 is 4.74 Å². The van der Waals surface area contributed by atoms with Crippen LogP contribution in [0.25, 0.3) is 21.6 Å². The average molecular weight is 465 g/mol. The molecule has 33 heavy (non-hydrogen) atoms. The normalized spacial score (nSPS) is 18.8. The molecule has 1 aromatic carbocycles. The van der Waals surface area contributed by atoms with Crippen LogP contribution in [0.3, 0.4) is 0 Å². The summed E-state index contributed by atoms with van der Waals surface area (Å²) >= 11 is 1.75. The Morgan fingerprint density at radius 3 is 2.52 bits per heavy atom. The lowest BCUT2D eigenvalue weighted by molar-refractivity contribution is 0.161. The van der Waals surface area contributed by atoms with Crippen LogP contribution in [0.15, 0.2) is 41.3 Å². The zero-order chi connectivity index (χ0) is 23.5. The highest BCUT2D eigenvalue weighted by Crippen LogP contribution is 2.45. The summed E-state index contributed by atoms with van der Waals surface area (Å²) in [5.41, 5.74) is 4.11. The lowest BCUT2D eigenvalue weighted by Crippen LogP contribution is -2.61. The minimum atomic E-state index is -0.0205. The zero-order valence-corrected chi connectivity index (χ0v) is 21.0. The highest BCUT2D eigenvalue weighted by atomic mass is 32.1. The van der Waals surface area contributed by atoms with Crippen LogP contribution in [0.1, 0.15) is 46.2 Å². The highest BCUT2D eigenvalue weighted by Gasteiger charge is 2.40. The molecule has 174 valence electrons. The lowest BCUT2D eigenvalue weighted by atomic mass is 9.79. The molecule has 1 fully saturated rings. The van der Waals surface area contributed by atoms with E-state index < -0.39 is 0 Å². The van der Waals surface area contributed by atoms with Crippen LogP contribution < -0.4 is 20.5 Å². The Morgan fingerprint density at radius 1 is 1.12 bits per heavy atom. The van der Waals surface area contributed by atoms with Gasteiger partial charge in [-0.2, -0.15) is 0 Å². The van der Waals surface area contributed by atoms with Gasteiger partial charge in [0.2, 0.25) is 0 Å². The summed E-state index contributed by atoms with van der Waals surface area (Å²) in [6.45, 7) is 9.60. The maximum atomic E-state index is 12.1. The maximum Gasteiger partial charge on any atom is 0.250 e. The summed E-state index contributed by atoms with van der Waals surface area (Å²) in [5.74, 6) is 0.850. The van der Waals surface area contributed by atoms with E-state index in [-0.39, 0.29) is 16.6 Å². The third-order valence-electron chi connectivity index (χ3n) is 6.73. The second-order valence-corrected chi connectivity index (χ2v) is 11.7. The molecule has 5 rings (SSSR count). The van der Waals surface area contributed by atoms with Crippen molar-refractivity contribution in [3.8, 4) is 27.3 Å². The van der Waals surface area contributed by atoms with E-state index in [4.69, 9.17) is 9.72 Å². The van der Waals surface area contributed by atoms with Crippen LogP contribution >= 0.6 is 11.3 Å². The van der Waals surface area contributed by atoms with E-state index in [1.54, 1.807) is 35.2 Å². The molecule has 6 nitrogen and oxygen atoms in total. The van der Waals surface area contributed by atoms with E-state index in [1.807, 2.05) is 12.1 Å². The number of benzene rings is 1. The molecule has 1 saturated heterocycles. The van der Waals surface area contributed by atoms with Crippen molar-refractivity contribution in [2.24, 2.45) is 7.05 Å². The van der Waals surface area contributed by atoms with E-state index >= 15 is 0 Å². The molecule has 4 heterocycles. The molecule has 2 aliphatic heterocycles. The van der Waals surface area contributed by atoms with Crippen molar-refractivity contribution >= 4 is 16.5 Å². The molecular formula is C26H32N4O2S. The second kappa shape index (κ2) is 7.71. The van der Waals surface area contributed by atoms with Gasteiger partial charge >= 0.3 is 0 Å². The predicted molar refractivity (Wildman–Crippen MR) is 135 cm³/mol. The number of pyridine rings is 1. The summed E-state index contributed by atoms with van der Waals surface area (Å²) in [5, 5.41) is 4.82. The lowest BCUT2D eigenvalue weighted by Gasteiger charge is -2.48. The molecule has 0 unspecified atom stereocenters. The number of ether oxygens (including phenoxy) is 1. The molecule has 0 amide bonds. The van der Waals surface area contributed by atoms with Gasteiger partial charge in [0.15, 0.2) is 5.13 Å². The standard InChI is InChI=1S/C26H32N4O2S/c1-25(2)13-18(14-26(3,4)28-25)30(6)24-27-20-15-32-21-11-16(7-8-19(21)23(20)33-24)17-9-10-29(5)22(31)12-17/h7-12,18,28H,13-15H2,1-6H3. The Bertz CT molecular complexity index is 1260. The third-order valence-corrected chi connectivity index (χ3v) is 7.95. The Kier molecular flexibility index (Phi) is 5.18. The van der Waals surface area contributed by atoms with E-state index in [0.717, 1.165) is 46.1 Å². The van der Waals surface area contributed by atoms with Gasteiger partial charge in [0, 0.05) is 49.0 Å². The van der Waals surface area contributed by atoms with Gasteiger partial charge in [-0.25, -0.2) is 4.98 Å². The number of thiazole rings is 1. The van der Waals surface area contributed by atoms with Gasteiger partial charge in [0.1, 0.15) is 12.4 Å². The number of nitrogens with zero attached hydrogens (tertiary/aromatic N) is 3. The first-order valence-electron chi connectivity index (χ1n) is 11.5. The summed E-state index contributed by atoms with van der Waals surface area (Å²) in [4.78, 5) is 20.6. The van der Waals surface area contributed by atoms with Crippen LogP contribution in [-0.4, -0.2) is 33.7 Å². The van der Waals surface area contributed by atoms with Crippen molar-refractivity contribution in [2.45, 2.75) is 64.3 Å². The molecule has 1 N–H and O–H groups in total. The predicted octanol–water partition coefficient (Wildman–Crippen LogP) is 4.81. The Hall–Kier alpha value is -2.64. The maximum absolute atomic E-state index is 12.1. The van der Waals surface area contributed by atoms with Crippen molar-refractivity contribution in [2.75, 3.05) is 11.9 Å². The van der Waals surface area contributed by atoms with E-state index in [1.165, 1.54) is 4.88 Å². The van der Waals surface area contributed by atoms with Crippen LogP contribution in [0.4, 0.5) is 5.13 Å². The van der Waals surface area contributed by atoms with Gasteiger partial charge in [-0.3, -0.25) is 4.79 Å². The van der Waals surface area contributed by atoms with E-state index in [9.17, 15) is 4.79 Å². The molecule has 0 radical (unpaired) electrons.